The number of aryl methyl sites for hydroxylation is 2. The largest absolute Gasteiger partial charge is 0.458 e. The van der Waals surface area contributed by atoms with Crippen LogP contribution < -0.4 is 9.30 Å². The molecule has 0 saturated carbocycles. The quantitative estimate of drug-likeness (QED) is 0.118. The number of nitrogens with zero attached hydrogens (tertiary/aromatic N) is 4. The van der Waals surface area contributed by atoms with Crippen molar-refractivity contribution >= 4 is 32.8 Å². The van der Waals surface area contributed by atoms with Gasteiger partial charge in [-0.25, -0.2) is 4.98 Å². The molecule has 0 atom stereocenters. The number of fused-ring (bicyclic) bond motifs is 4. The van der Waals surface area contributed by atoms with Crippen LogP contribution in [-0.2, 0) is 10.8 Å². The van der Waals surface area contributed by atoms with Gasteiger partial charge in [-0.1, -0.05) is 145 Å². The van der Waals surface area contributed by atoms with E-state index in [0.717, 1.165) is 38.8 Å². The van der Waals surface area contributed by atoms with E-state index in [1.165, 1.54) is 18.2 Å². The maximum atomic E-state index is 9.09. The van der Waals surface area contributed by atoms with Gasteiger partial charge in [-0.3, -0.25) is 13.7 Å². The molecule has 5 heteroatoms. The van der Waals surface area contributed by atoms with E-state index in [1.807, 2.05) is 93.7 Å². The van der Waals surface area contributed by atoms with Crippen LogP contribution in [0.2, 0.25) is 0 Å². The molecular formula is C58H52N4O. The summed E-state index contributed by atoms with van der Waals surface area (Å²) >= 11 is 0. The molecule has 0 saturated heterocycles. The highest BCUT2D eigenvalue weighted by Gasteiger charge is 2.25. The van der Waals surface area contributed by atoms with Crippen molar-refractivity contribution in [3.8, 4) is 50.9 Å². The smallest absolute Gasteiger partial charge is 0.269 e. The Labute approximate surface area is 386 Å². The molecule has 3 heterocycles. The van der Waals surface area contributed by atoms with E-state index in [1.54, 1.807) is 39.5 Å². The van der Waals surface area contributed by atoms with Crippen LogP contribution in [0.5, 0.6) is 11.5 Å². The minimum Gasteiger partial charge on any atom is -0.458 e. The third-order valence-corrected chi connectivity index (χ3v) is 11.6. The van der Waals surface area contributed by atoms with Gasteiger partial charge < -0.3 is 4.74 Å². The van der Waals surface area contributed by atoms with Gasteiger partial charge in [0.25, 0.3) is 6.33 Å². The van der Waals surface area contributed by atoms with Crippen LogP contribution in [0.3, 0.4) is 0 Å². The van der Waals surface area contributed by atoms with Gasteiger partial charge >= 0.3 is 0 Å². The molecule has 0 spiro atoms. The summed E-state index contributed by atoms with van der Waals surface area (Å²) in [7, 11) is 0. The van der Waals surface area contributed by atoms with E-state index >= 15 is 0 Å². The normalized spacial score (nSPS) is 15.0. The van der Waals surface area contributed by atoms with Crippen LogP contribution in [0.15, 0.2) is 170 Å². The highest BCUT2D eigenvalue weighted by Crippen LogP contribution is 2.39. The summed E-state index contributed by atoms with van der Waals surface area (Å²) in [4.78, 5) is 4.84. The second kappa shape index (κ2) is 15.3. The predicted octanol–water partition coefficient (Wildman–Crippen LogP) is 14.5. The second-order valence-corrected chi connectivity index (χ2v) is 17.9. The van der Waals surface area contributed by atoms with Crippen molar-refractivity contribution in [1.29, 1.82) is 0 Å². The Kier molecular flexibility index (Phi) is 7.07. The van der Waals surface area contributed by atoms with Crippen molar-refractivity contribution in [3.63, 3.8) is 0 Å². The molecule has 63 heavy (non-hydrogen) atoms. The maximum Gasteiger partial charge on any atom is 0.269 e. The van der Waals surface area contributed by atoms with Gasteiger partial charge in [0.1, 0.15) is 17.3 Å². The first-order valence-electron chi connectivity index (χ1n) is 26.5. The van der Waals surface area contributed by atoms with Gasteiger partial charge in [-0.05, 0) is 124 Å². The third kappa shape index (κ3) is 7.17. The molecule has 0 bridgehead atoms. The van der Waals surface area contributed by atoms with Crippen LogP contribution in [0.4, 0.5) is 0 Å². The Morgan fingerprint density at radius 1 is 0.635 bits per heavy atom. The topological polar surface area (TPSA) is 35.9 Å². The average Bonchev–Trinajstić information content (AvgIpc) is 3.91. The monoisotopic (exact) mass is 831 g/mol. The number of hydrogen-bond acceptors (Lipinski definition) is 2. The molecule has 0 radical (unpaired) electrons. The van der Waals surface area contributed by atoms with E-state index in [9.17, 15) is 0 Å². The highest BCUT2D eigenvalue weighted by atomic mass is 16.5. The zero-order valence-corrected chi connectivity index (χ0v) is 36.0. The summed E-state index contributed by atoms with van der Waals surface area (Å²) < 4.78 is 107. The van der Waals surface area contributed by atoms with Gasteiger partial charge in [-0.15, -0.1) is 0 Å². The van der Waals surface area contributed by atoms with Crippen LogP contribution in [0.1, 0.15) is 78.9 Å². The van der Waals surface area contributed by atoms with Crippen molar-refractivity contribution in [2.75, 3.05) is 0 Å². The zero-order chi connectivity index (χ0) is 53.0. The lowest BCUT2D eigenvalue weighted by atomic mass is 9.83. The minimum atomic E-state index is -2.67. The Bertz CT molecular complexity index is 3830. The molecule has 10 aromatic rings. The molecule has 7 aromatic carbocycles. The van der Waals surface area contributed by atoms with Crippen molar-refractivity contribution in [2.45, 2.75) is 66.1 Å². The molecule has 5 nitrogen and oxygen atoms in total. The number of benzene rings is 7. The lowest BCUT2D eigenvalue weighted by molar-refractivity contribution is -0.572. The highest BCUT2D eigenvalue weighted by molar-refractivity contribution is 6.09. The van der Waals surface area contributed by atoms with Crippen molar-refractivity contribution in [1.82, 2.24) is 14.1 Å². The summed E-state index contributed by atoms with van der Waals surface area (Å²) in [6.07, 6.45) is 5.40. The van der Waals surface area contributed by atoms with E-state index in [2.05, 4.69) is 49.9 Å². The van der Waals surface area contributed by atoms with E-state index in [0.29, 0.717) is 45.0 Å². The lowest BCUT2D eigenvalue weighted by Crippen LogP contribution is -2.34. The Balaban J connectivity index is 1.20. The summed E-state index contributed by atoms with van der Waals surface area (Å²) in [6.45, 7) is 7.26. The number of hydrogen-bond donors (Lipinski definition) is 0. The summed E-state index contributed by atoms with van der Waals surface area (Å²) in [5.74, 6) is 1.81. The molecule has 0 fully saturated rings. The molecular weight excluding hydrogens is 769 g/mol. The second-order valence-electron chi connectivity index (χ2n) is 17.9. The number of para-hydroxylation sites is 2. The Morgan fingerprint density at radius 2 is 1.38 bits per heavy atom. The summed E-state index contributed by atoms with van der Waals surface area (Å²) in [6, 6.07) is 38.5. The van der Waals surface area contributed by atoms with Gasteiger partial charge in [0, 0.05) is 31.3 Å². The first kappa shape index (κ1) is 29.1. The minimum absolute atomic E-state index is 0.00791. The molecule has 0 unspecified atom stereocenters. The molecule has 3 aromatic heterocycles. The lowest BCUT2D eigenvalue weighted by Gasteiger charge is -2.26. The Morgan fingerprint density at radius 3 is 2.16 bits per heavy atom. The maximum absolute atomic E-state index is 9.09. The van der Waals surface area contributed by atoms with Crippen molar-refractivity contribution in [3.05, 3.63) is 198 Å². The molecule has 0 N–H and O–H groups in total. The van der Waals surface area contributed by atoms with Crippen molar-refractivity contribution < 1.29 is 24.4 Å². The SMILES string of the molecule is [2H]c1c([2H])c([2H])c(-c2cccc(C(C)(C)C)c2-[n+]2[c-]n(-c3cccc(Oc4ccc5c6ccccc6n(-c6cc(C(C)(C)C)ccn6)c5c4)c3)c3cc(-c4c(C([2H])([2H])[2H])cccc4C([2H])([2H])[2H])ccc32)c([2H])c1[2H]. The molecule has 0 aliphatic carbocycles. The van der Waals surface area contributed by atoms with Crippen LogP contribution in [0, 0.1) is 20.0 Å². The first-order chi connectivity index (χ1) is 34.8. The molecule has 10 rings (SSSR count). The van der Waals surface area contributed by atoms with Gasteiger partial charge in [0.05, 0.1) is 40.3 Å². The van der Waals surface area contributed by atoms with E-state index in [-0.39, 0.29) is 39.8 Å². The van der Waals surface area contributed by atoms with Crippen LogP contribution >= 0.6 is 0 Å². The number of imidazole rings is 1. The number of aromatic nitrogens is 4. The van der Waals surface area contributed by atoms with E-state index in [4.69, 9.17) is 24.8 Å². The number of rotatable bonds is 7. The van der Waals surface area contributed by atoms with Gasteiger partial charge in [0.2, 0.25) is 0 Å². The van der Waals surface area contributed by atoms with Crippen molar-refractivity contribution in [2.24, 2.45) is 0 Å². The first-order valence-corrected chi connectivity index (χ1v) is 21.0. The fraction of sp³-hybridized carbons (Fsp3) is 0.172. The Hall–Kier alpha value is -7.24. The van der Waals surface area contributed by atoms with Gasteiger partial charge in [0.15, 0.2) is 0 Å². The molecule has 310 valence electrons. The number of pyridine rings is 1. The van der Waals surface area contributed by atoms with Crippen LogP contribution in [0.25, 0.3) is 72.3 Å². The average molecular weight is 832 g/mol. The fourth-order valence-electron chi connectivity index (χ4n) is 8.55. The molecule has 0 aliphatic rings. The molecule has 0 aliphatic heterocycles. The summed E-state index contributed by atoms with van der Waals surface area (Å²) in [5, 5.41) is 2.09. The van der Waals surface area contributed by atoms with Crippen LogP contribution in [-0.4, -0.2) is 14.1 Å². The number of ether oxygens (including phenoxy) is 1. The standard InChI is InChI=1S/C58H52N4O/c1-38-17-14-18-39(2)55(38)41-27-30-51-53(33-41)60(37-61(51)56-46(40-19-10-9-11-20-40)24-16-25-49(56)58(6,7)8)43-21-15-22-44(35-43)63-45-28-29-48-47-23-12-13-26-50(47)62(52(48)36-45)54-34-42(31-32-59-54)57(3,4)5/h9-36H,1-8H3/i1D3,2D3,9D,10D,11D,19D,20D. The zero-order valence-electron chi connectivity index (χ0n) is 47.0. The fourth-order valence-corrected chi connectivity index (χ4v) is 8.55. The molecule has 0 amide bonds. The third-order valence-electron chi connectivity index (χ3n) is 11.6. The van der Waals surface area contributed by atoms with E-state index < -0.39 is 37.2 Å². The van der Waals surface area contributed by atoms with Gasteiger partial charge in [-0.2, -0.15) is 0 Å². The summed E-state index contributed by atoms with van der Waals surface area (Å²) in [5.41, 5.74) is 5.77. The predicted molar refractivity (Wildman–Crippen MR) is 260 cm³/mol.